The molecule has 0 atom stereocenters. The van der Waals surface area contributed by atoms with Crippen LogP contribution < -0.4 is 11.5 Å². The maximum absolute atomic E-state index is 11.7. The number of aromatic carboxylic acids is 4. The predicted molar refractivity (Wildman–Crippen MR) is 88.5 cm³/mol. The number of nitrogens with two attached hydrogens (primary N) is 2. The molecular formula is C16H12N2O8. The zero-order valence-corrected chi connectivity index (χ0v) is 12.9. The molecule has 0 amide bonds. The summed E-state index contributed by atoms with van der Waals surface area (Å²) in [6.07, 6.45) is 0. The first-order valence-electron chi connectivity index (χ1n) is 6.86. The van der Waals surface area contributed by atoms with Crippen LogP contribution in [0.25, 0.3) is 11.1 Å². The summed E-state index contributed by atoms with van der Waals surface area (Å²) < 4.78 is 0. The Bertz CT molecular complexity index is 981. The molecule has 2 aromatic rings. The van der Waals surface area contributed by atoms with Gasteiger partial charge in [-0.15, -0.1) is 0 Å². The highest BCUT2D eigenvalue weighted by Crippen LogP contribution is 2.36. The second kappa shape index (κ2) is 6.43. The Labute approximate surface area is 144 Å². The topological polar surface area (TPSA) is 201 Å². The lowest BCUT2D eigenvalue weighted by atomic mass is 9.87. The molecular weight excluding hydrogens is 348 g/mol. The van der Waals surface area contributed by atoms with Crippen molar-refractivity contribution in [2.45, 2.75) is 0 Å². The fraction of sp³-hybridized carbons (Fsp3) is 0. The molecule has 8 N–H and O–H groups in total. The van der Waals surface area contributed by atoms with E-state index < -0.39 is 46.1 Å². The van der Waals surface area contributed by atoms with Gasteiger partial charge in [-0.25, -0.2) is 19.2 Å². The number of hydrogen-bond donors (Lipinski definition) is 6. The lowest BCUT2D eigenvalue weighted by molar-refractivity contribution is 0.0620. The van der Waals surface area contributed by atoms with E-state index >= 15 is 0 Å². The minimum absolute atomic E-state index is 0.0376. The summed E-state index contributed by atoms with van der Waals surface area (Å²) in [7, 11) is 0. The second-order valence-corrected chi connectivity index (χ2v) is 5.13. The number of para-hydroxylation sites is 1. The Morgan fingerprint density at radius 1 is 0.692 bits per heavy atom. The average Bonchev–Trinajstić information content (AvgIpc) is 2.54. The van der Waals surface area contributed by atoms with Crippen molar-refractivity contribution >= 4 is 35.3 Å². The Morgan fingerprint density at radius 3 is 1.69 bits per heavy atom. The van der Waals surface area contributed by atoms with Gasteiger partial charge in [0.05, 0.1) is 33.6 Å². The third-order valence-electron chi connectivity index (χ3n) is 3.63. The molecule has 0 aromatic heterocycles. The van der Waals surface area contributed by atoms with E-state index in [9.17, 15) is 39.6 Å². The molecule has 2 aromatic carbocycles. The largest absolute Gasteiger partial charge is 0.478 e. The van der Waals surface area contributed by atoms with E-state index in [2.05, 4.69) is 0 Å². The van der Waals surface area contributed by atoms with Crippen LogP contribution in [0.3, 0.4) is 0 Å². The number of benzene rings is 2. The minimum atomic E-state index is -1.91. The molecule has 0 spiro atoms. The van der Waals surface area contributed by atoms with Crippen molar-refractivity contribution < 1.29 is 39.6 Å². The first-order valence-corrected chi connectivity index (χ1v) is 6.86. The number of hydrogen-bond acceptors (Lipinski definition) is 6. The van der Waals surface area contributed by atoms with Gasteiger partial charge in [0.25, 0.3) is 0 Å². The molecule has 0 saturated carbocycles. The molecule has 0 unspecified atom stereocenters. The van der Waals surface area contributed by atoms with E-state index in [1.807, 2.05) is 0 Å². The zero-order chi connectivity index (χ0) is 19.8. The summed E-state index contributed by atoms with van der Waals surface area (Å²) in [5.74, 6) is -7.31. The summed E-state index contributed by atoms with van der Waals surface area (Å²) in [6.45, 7) is 0. The standard InChI is InChI=1S/C16H12N2O8/c17-8-3-1-2-5(12(8)18)6-4-7(13(19)20)10(15(23)24)11(16(25)26)9(6)14(21)22/h1-4H,17-18H2,(H,19,20)(H,21,22)(H,23,24)(H,25,26). The maximum Gasteiger partial charge on any atom is 0.337 e. The van der Waals surface area contributed by atoms with Crippen LogP contribution in [-0.2, 0) is 0 Å². The van der Waals surface area contributed by atoms with Gasteiger partial charge in [0, 0.05) is 11.1 Å². The molecule has 10 heteroatoms. The van der Waals surface area contributed by atoms with Crippen LogP contribution in [0.2, 0.25) is 0 Å². The number of carbonyl (C=O) groups is 4. The molecule has 134 valence electrons. The lowest BCUT2D eigenvalue weighted by Crippen LogP contribution is -2.20. The van der Waals surface area contributed by atoms with Crippen molar-refractivity contribution in [3.63, 3.8) is 0 Å². The van der Waals surface area contributed by atoms with Crippen molar-refractivity contribution in [2.24, 2.45) is 0 Å². The molecule has 0 saturated heterocycles. The first kappa shape index (κ1) is 18.3. The minimum Gasteiger partial charge on any atom is -0.478 e. The molecule has 0 aliphatic carbocycles. The van der Waals surface area contributed by atoms with Crippen molar-refractivity contribution in [2.75, 3.05) is 11.5 Å². The van der Waals surface area contributed by atoms with Crippen molar-refractivity contribution in [3.05, 3.63) is 46.5 Å². The smallest absolute Gasteiger partial charge is 0.337 e. The normalized spacial score (nSPS) is 10.3. The van der Waals surface area contributed by atoms with Gasteiger partial charge in [-0.2, -0.15) is 0 Å². The van der Waals surface area contributed by atoms with Crippen LogP contribution in [0.15, 0.2) is 24.3 Å². The fourth-order valence-electron chi connectivity index (χ4n) is 2.54. The number of rotatable bonds is 5. The fourth-order valence-corrected chi connectivity index (χ4v) is 2.54. The summed E-state index contributed by atoms with van der Waals surface area (Å²) >= 11 is 0. The predicted octanol–water partition coefficient (Wildman–Crippen LogP) is 1.31. The third kappa shape index (κ3) is 2.86. The number of carboxylic acid groups (broad SMARTS) is 4. The van der Waals surface area contributed by atoms with Crippen molar-refractivity contribution in [1.29, 1.82) is 0 Å². The van der Waals surface area contributed by atoms with Crippen LogP contribution in [0.4, 0.5) is 11.4 Å². The lowest BCUT2D eigenvalue weighted by Gasteiger charge is -2.16. The van der Waals surface area contributed by atoms with Crippen LogP contribution in [0.1, 0.15) is 41.4 Å². The van der Waals surface area contributed by atoms with E-state index in [1.165, 1.54) is 18.2 Å². The molecule has 26 heavy (non-hydrogen) atoms. The Hall–Kier alpha value is -4.08. The SMILES string of the molecule is Nc1cccc(-c2cc(C(=O)O)c(C(=O)O)c(C(=O)O)c2C(=O)O)c1N. The molecule has 2 rings (SSSR count). The van der Waals surface area contributed by atoms with Crippen LogP contribution >= 0.6 is 0 Å². The molecule has 10 nitrogen and oxygen atoms in total. The van der Waals surface area contributed by atoms with Crippen LogP contribution in [0, 0.1) is 0 Å². The van der Waals surface area contributed by atoms with Gasteiger partial charge in [0.2, 0.25) is 0 Å². The Kier molecular flexibility index (Phi) is 4.52. The van der Waals surface area contributed by atoms with Crippen molar-refractivity contribution in [1.82, 2.24) is 0 Å². The maximum atomic E-state index is 11.7. The summed E-state index contributed by atoms with van der Waals surface area (Å²) in [6, 6.07) is 4.87. The highest BCUT2D eigenvalue weighted by Gasteiger charge is 2.33. The molecule has 0 fully saturated rings. The summed E-state index contributed by atoms with van der Waals surface area (Å²) in [5, 5.41) is 37.4. The van der Waals surface area contributed by atoms with Gasteiger partial charge in [-0.3, -0.25) is 0 Å². The van der Waals surface area contributed by atoms with E-state index in [-0.39, 0.29) is 22.5 Å². The van der Waals surface area contributed by atoms with E-state index in [0.29, 0.717) is 0 Å². The van der Waals surface area contributed by atoms with Gasteiger partial charge in [-0.05, 0) is 12.1 Å². The first-order chi connectivity index (χ1) is 12.1. The average molecular weight is 360 g/mol. The number of anilines is 2. The second-order valence-electron chi connectivity index (χ2n) is 5.13. The van der Waals surface area contributed by atoms with Crippen LogP contribution in [-0.4, -0.2) is 44.3 Å². The summed E-state index contributed by atoms with van der Waals surface area (Å²) in [4.78, 5) is 46.2. The number of carboxylic acids is 4. The molecule has 0 heterocycles. The monoisotopic (exact) mass is 360 g/mol. The molecule has 0 radical (unpaired) electrons. The highest BCUT2D eigenvalue weighted by molar-refractivity contribution is 6.17. The van der Waals surface area contributed by atoms with Crippen LogP contribution in [0.5, 0.6) is 0 Å². The van der Waals surface area contributed by atoms with Gasteiger partial charge >= 0.3 is 23.9 Å². The van der Waals surface area contributed by atoms with Gasteiger partial charge in [0.15, 0.2) is 0 Å². The Morgan fingerprint density at radius 2 is 1.23 bits per heavy atom. The molecule has 0 aliphatic heterocycles. The Balaban J connectivity index is 3.13. The molecule has 0 bridgehead atoms. The third-order valence-corrected chi connectivity index (χ3v) is 3.63. The highest BCUT2D eigenvalue weighted by atomic mass is 16.4. The molecule has 0 aliphatic rings. The zero-order valence-electron chi connectivity index (χ0n) is 12.9. The number of nitrogen functional groups attached to an aromatic ring is 2. The van der Waals surface area contributed by atoms with E-state index in [0.717, 1.165) is 6.07 Å². The van der Waals surface area contributed by atoms with Gasteiger partial charge < -0.3 is 31.9 Å². The van der Waals surface area contributed by atoms with Gasteiger partial charge in [-0.1, -0.05) is 12.1 Å². The summed E-state index contributed by atoms with van der Waals surface area (Å²) in [5.41, 5.74) is 6.89. The van der Waals surface area contributed by atoms with Crippen molar-refractivity contribution in [3.8, 4) is 11.1 Å². The van der Waals surface area contributed by atoms with E-state index in [4.69, 9.17) is 11.5 Å². The quantitative estimate of drug-likeness (QED) is 0.422. The van der Waals surface area contributed by atoms with Gasteiger partial charge in [0.1, 0.15) is 0 Å². The van der Waals surface area contributed by atoms with E-state index in [1.54, 1.807) is 0 Å².